The van der Waals surface area contributed by atoms with E-state index in [2.05, 4.69) is 44.3 Å². The van der Waals surface area contributed by atoms with Crippen LogP contribution in [-0.2, 0) is 10.2 Å². The minimum absolute atomic E-state index is 0. The van der Waals surface area contributed by atoms with Gasteiger partial charge < -0.3 is 11.1 Å². The van der Waals surface area contributed by atoms with E-state index in [-0.39, 0.29) is 23.7 Å². The highest BCUT2D eigenvalue weighted by atomic mass is 35.5. The van der Waals surface area contributed by atoms with Gasteiger partial charge in [0.15, 0.2) is 0 Å². The fourth-order valence-electron chi connectivity index (χ4n) is 2.40. The highest BCUT2D eigenvalue weighted by Crippen LogP contribution is 2.23. The van der Waals surface area contributed by atoms with E-state index >= 15 is 0 Å². The summed E-state index contributed by atoms with van der Waals surface area (Å²) in [6, 6.07) is 17.2. The minimum atomic E-state index is -0.630. The van der Waals surface area contributed by atoms with Crippen LogP contribution in [0.25, 0.3) is 0 Å². The van der Waals surface area contributed by atoms with Gasteiger partial charge in [-0.05, 0) is 18.1 Å². The lowest BCUT2D eigenvalue weighted by molar-refractivity contribution is -0.122. The maximum atomic E-state index is 12.3. The Morgan fingerprint density at radius 3 is 2.39 bits per heavy atom. The van der Waals surface area contributed by atoms with Crippen molar-refractivity contribution < 1.29 is 4.79 Å². The van der Waals surface area contributed by atoms with Crippen LogP contribution in [0.1, 0.15) is 36.6 Å². The molecule has 2 rings (SSSR count). The van der Waals surface area contributed by atoms with Gasteiger partial charge in [-0.3, -0.25) is 4.79 Å². The van der Waals surface area contributed by atoms with Crippen LogP contribution in [0, 0.1) is 6.92 Å². The summed E-state index contributed by atoms with van der Waals surface area (Å²) in [5, 5.41) is 2.98. The number of nitrogens with one attached hydrogen (secondary N) is 1. The highest BCUT2D eigenvalue weighted by molar-refractivity contribution is 5.85. The van der Waals surface area contributed by atoms with Crippen molar-refractivity contribution in [1.29, 1.82) is 0 Å². The molecule has 3 N–H and O–H groups in total. The van der Waals surface area contributed by atoms with E-state index in [0.717, 1.165) is 5.56 Å². The number of benzene rings is 2. The molecule has 0 heterocycles. The van der Waals surface area contributed by atoms with Crippen molar-refractivity contribution in [2.45, 2.75) is 32.2 Å². The molecular weight excluding hydrogens is 308 g/mol. The summed E-state index contributed by atoms with van der Waals surface area (Å²) in [7, 11) is 0. The van der Waals surface area contributed by atoms with Crippen LogP contribution in [0.5, 0.6) is 0 Å². The molecule has 1 atom stereocenters. The van der Waals surface area contributed by atoms with Gasteiger partial charge in [-0.2, -0.15) is 0 Å². The van der Waals surface area contributed by atoms with Crippen molar-refractivity contribution in [3.05, 3.63) is 71.3 Å². The minimum Gasteiger partial charge on any atom is -0.354 e. The van der Waals surface area contributed by atoms with Gasteiger partial charge in [-0.15, -0.1) is 12.4 Å². The number of halogens is 1. The monoisotopic (exact) mass is 332 g/mol. The fraction of sp³-hybridized carbons (Fsp3) is 0.316. The Labute approximate surface area is 144 Å². The predicted molar refractivity (Wildman–Crippen MR) is 97.8 cm³/mol. The predicted octanol–water partition coefficient (Wildman–Crippen LogP) is 3.51. The van der Waals surface area contributed by atoms with Crippen molar-refractivity contribution in [3.8, 4) is 0 Å². The lowest BCUT2D eigenvalue weighted by atomic mass is 9.84. The number of carbonyl (C=O) groups excluding carboxylic acids is 1. The van der Waals surface area contributed by atoms with Crippen molar-refractivity contribution >= 4 is 18.3 Å². The lowest BCUT2D eigenvalue weighted by Crippen LogP contribution is -2.41. The standard InChI is InChI=1S/C19H24N2O.ClH/c1-14-8-7-11-16(12-14)19(2,3)13-21-18(22)17(20)15-9-5-4-6-10-15;/h4-12,17H,13,20H2,1-3H3,(H,21,22);1H. The van der Waals surface area contributed by atoms with Crippen LogP contribution in [0.15, 0.2) is 54.6 Å². The summed E-state index contributed by atoms with van der Waals surface area (Å²) >= 11 is 0. The van der Waals surface area contributed by atoms with Crippen molar-refractivity contribution in [2.75, 3.05) is 6.54 Å². The average molecular weight is 333 g/mol. The van der Waals surface area contributed by atoms with Gasteiger partial charge in [0, 0.05) is 12.0 Å². The van der Waals surface area contributed by atoms with Crippen molar-refractivity contribution in [2.24, 2.45) is 5.73 Å². The van der Waals surface area contributed by atoms with Gasteiger partial charge in [0.1, 0.15) is 6.04 Å². The molecule has 2 aromatic rings. The maximum Gasteiger partial charge on any atom is 0.241 e. The largest absolute Gasteiger partial charge is 0.354 e. The van der Waals surface area contributed by atoms with E-state index < -0.39 is 6.04 Å². The Hall–Kier alpha value is -1.84. The first kappa shape index (κ1) is 19.2. The molecule has 0 aliphatic carbocycles. The van der Waals surface area contributed by atoms with Crippen LogP contribution in [0.2, 0.25) is 0 Å². The van der Waals surface area contributed by atoms with E-state index in [9.17, 15) is 4.79 Å². The molecule has 0 fully saturated rings. The van der Waals surface area contributed by atoms with E-state index in [1.165, 1.54) is 11.1 Å². The first-order valence-corrected chi connectivity index (χ1v) is 7.55. The molecule has 0 spiro atoms. The maximum absolute atomic E-state index is 12.3. The zero-order valence-electron chi connectivity index (χ0n) is 13.9. The van der Waals surface area contributed by atoms with Gasteiger partial charge in [0.2, 0.25) is 5.91 Å². The Morgan fingerprint density at radius 2 is 1.78 bits per heavy atom. The third kappa shape index (κ3) is 5.08. The smallest absolute Gasteiger partial charge is 0.241 e. The molecule has 1 amide bonds. The quantitative estimate of drug-likeness (QED) is 0.880. The summed E-state index contributed by atoms with van der Waals surface area (Å²) in [6.07, 6.45) is 0. The molecule has 2 aromatic carbocycles. The van der Waals surface area contributed by atoms with E-state index in [4.69, 9.17) is 5.73 Å². The summed E-state index contributed by atoms with van der Waals surface area (Å²) in [5.41, 5.74) is 9.13. The molecule has 1 unspecified atom stereocenters. The van der Waals surface area contributed by atoms with E-state index in [1.807, 2.05) is 36.4 Å². The van der Waals surface area contributed by atoms with Crippen LogP contribution >= 0.6 is 12.4 Å². The molecule has 0 radical (unpaired) electrons. The zero-order chi connectivity index (χ0) is 16.2. The highest BCUT2D eigenvalue weighted by Gasteiger charge is 2.23. The molecule has 124 valence electrons. The van der Waals surface area contributed by atoms with Crippen LogP contribution in [0.3, 0.4) is 0 Å². The normalized spacial score (nSPS) is 12.2. The number of rotatable bonds is 5. The number of carbonyl (C=O) groups is 1. The number of aryl methyl sites for hydroxylation is 1. The Balaban J connectivity index is 0.00000264. The summed E-state index contributed by atoms with van der Waals surface area (Å²) in [4.78, 5) is 12.3. The third-order valence-electron chi connectivity index (χ3n) is 3.95. The van der Waals surface area contributed by atoms with Crippen molar-refractivity contribution in [1.82, 2.24) is 5.32 Å². The first-order valence-electron chi connectivity index (χ1n) is 7.55. The molecule has 23 heavy (non-hydrogen) atoms. The molecule has 0 aliphatic rings. The Morgan fingerprint density at radius 1 is 1.13 bits per heavy atom. The van der Waals surface area contributed by atoms with Gasteiger partial charge in [-0.1, -0.05) is 74.0 Å². The third-order valence-corrected chi connectivity index (χ3v) is 3.95. The molecule has 0 aromatic heterocycles. The van der Waals surface area contributed by atoms with Gasteiger partial charge in [-0.25, -0.2) is 0 Å². The summed E-state index contributed by atoms with van der Waals surface area (Å²) < 4.78 is 0. The Bertz CT molecular complexity index is 641. The second-order valence-electron chi connectivity index (χ2n) is 6.36. The molecule has 3 nitrogen and oxygen atoms in total. The molecule has 4 heteroatoms. The first-order chi connectivity index (χ1) is 10.4. The van der Waals surface area contributed by atoms with E-state index in [0.29, 0.717) is 6.54 Å². The molecule has 0 saturated carbocycles. The summed E-state index contributed by atoms with van der Waals surface area (Å²) in [5.74, 6) is -0.146. The molecule has 0 saturated heterocycles. The number of hydrogen-bond donors (Lipinski definition) is 2. The lowest BCUT2D eigenvalue weighted by Gasteiger charge is -2.27. The summed E-state index contributed by atoms with van der Waals surface area (Å²) in [6.45, 7) is 6.87. The number of nitrogens with two attached hydrogens (primary N) is 1. The zero-order valence-corrected chi connectivity index (χ0v) is 14.7. The average Bonchev–Trinajstić information content (AvgIpc) is 2.53. The number of hydrogen-bond acceptors (Lipinski definition) is 2. The molecule has 0 bridgehead atoms. The Kier molecular flexibility index (Phi) is 6.79. The van der Waals surface area contributed by atoms with Crippen LogP contribution in [-0.4, -0.2) is 12.5 Å². The van der Waals surface area contributed by atoms with Gasteiger partial charge in [0.05, 0.1) is 0 Å². The SMILES string of the molecule is Cc1cccc(C(C)(C)CNC(=O)C(N)c2ccccc2)c1.Cl. The van der Waals surface area contributed by atoms with Crippen LogP contribution < -0.4 is 11.1 Å². The number of amides is 1. The molecule has 0 aliphatic heterocycles. The van der Waals surface area contributed by atoms with Gasteiger partial charge in [0.25, 0.3) is 0 Å². The van der Waals surface area contributed by atoms with E-state index in [1.54, 1.807) is 0 Å². The molecular formula is C19H25ClN2O. The van der Waals surface area contributed by atoms with Gasteiger partial charge >= 0.3 is 0 Å². The topological polar surface area (TPSA) is 55.1 Å². The van der Waals surface area contributed by atoms with Crippen molar-refractivity contribution in [3.63, 3.8) is 0 Å². The fourth-order valence-corrected chi connectivity index (χ4v) is 2.40. The second-order valence-corrected chi connectivity index (χ2v) is 6.36. The van der Waals surface area contributed by atoms with Crippen LogP contribution in [0.4, 0.5) is 0 Å². The second kappa shape index (κ2) is 8.14.